The number of hydrogen-bond acceptors (Lipinski definition) is 7. The van der Waals surface area contributed by atoms with Gasteiger partial charge < -0.3 is 19.5 Å². The lowest BCUT2D eigenvalue weighted by atomic mass is 10.1. The first-order chi connectivity index (χ1) is 19.6. The Kier molecular flexibility index (Phi) is 9.73. The van der Waals surface area contributed by atoms with E-state index in [9.17, 15) is 13.6 Å². The highest BCUT2D eigenvalue weighted by molar-refractivity contribution is 6.76. The third kappa shape index (κ3) is 7.68. The summed E-state index contributed by atoms with van der Waals surface area (Å²) < 4.78 is 46.1. The molecular formula is C27H31ClF2N6O4Si. The minimum Gasteiger partial charge on any atom is -0.501 e. The zero-order chi connectivity index (χ0) is 29.6. The van der Waals surface area contributed by atoms with Gasteiger partial charge in [0.1, 0.15) is 18.0 Å². The Hall–Kier alpha value is -3.81. The molecule has 14 heteroatoms. The van der Waals surface area contributed by atoms with Crippen LogP contribution in [0.4, 0.5) is 14.5 Å². The summed E-state index contributed by atoms with van der Waals surface area (Å²) in [5.74, 6) is -0.685. The average Bonchev–Trinajstić information content (AvgIpc) is 3.51. The second kappa shape index (κ2) is 13.2. The number of anilines is 1. The van der Waals surface area contributed by atoms with E-state index in [0.29, 0.717) is 24.4 Å². The van der Waals surface area contributed by atoms with Crippen molar-refractivity contribution in [1.82, 2.24) is 24.4 Å². The van der Waals surface area contributed by atoms with Crippen LogP contribution in [-0.2, 0) is 16.2 Å². The fourth-order valence-corrected chi connectivity index (χ4v) is 4.84. The smallest absolute Gasteiger partial charge is 0.387 e. The Morgan fingerprint density at radius 1 is 1.22 bits per heavy atom. The number of benzene rings is 1. The summed E-state index contributed by atoms with van der Waals surface area (Å²) in [5, 5.41) is 11.6. The maximum atomic E-state index is 13.6. The van der Waals surface area contributed by atoms with Crippen molar-refractivity contribution in [2.75, 3.05) is 18.5 Å². The molecule has 0 bridgehead atoms. The number of alkyl halides is 2. The van der Waals surface area contributed by atoms with Gasteiger partial charge in [0, 0.05) is 37.7 Å². The van der Waals surface area contributed by atoms with Gasteiger partial charge in [0.05, 0.1) is 36.6 Å². The molecule has 0 radical (unpaired) electrons. The van der Waals surface area contributed by atoms with E-state index in [4.69, 9.17) is 25.8 Å². The fourth-order valence-electron chi connectivity index (χ4n) is 3.86. The molecule has 218 valence electrons. The predicted octanol–water partition coefficient (Wildman–Crippen LogP) is 6.42. The standard InChI is InChI=1S/C27H31ClF2N6O4Si/c1-5-38-10-7-18-13-23(40-27(29)30)19(14-21(18)28)24-22(16-33-36(24)17-39-11-12-41(2,3)4)34-26(37)20-15-32-35-9-6-8-31-25(20)35/h6-10,13-16,27H,5,11-12,17H2,1-4H3,(H,34,37)/b10-7-. The Balaban J connectivity index is 1.76. The van der Waals surface area contributed by atoms with Gasteiger partial charge in [0.15, 0.2) is 5.65 Å². The van der Waals surface area contributed by atoms with E-state index in [-0.39, 0.29) is 40.0 Å². The predicted molar refractivity (Wildman–Crippen MR) is 155 cm³/mol. The molecule has 0 aliphatic heterocycles. The quantitative estimate of drug-likeness (QED) is 0.107. The van der Waals surface area contributed by atoms with E-state index in [1.54, 1.807) is 24.5 Å². The molecule has 0 aliphatic rings. The lowest BCUT2D eigenvalue weighted by Gasteiger charge is -2.18. The van der Waals surface area contributed by atoms with Gasteiger partial charge in [-0.25, -0.2) is 14.2 Å². The van der Waals surface area contributed by atoms with Crippen molar-refractivity contribution in [2.24, 2.45) is 0 Å². The number of ether oxygens (including phenoxy) is 3. The number of amides is 1. The number of hydrogen-bond donors (Lipinski definition) is 1. The highest BCUT2D eigenvalue weighted by atomic mass is 35.5. The summed E-state index contributed by atoms with van der Waals surface area (Å²) in [7, 11) is -1.36. The average molecular weight is 605 g/mol. The molecule has 0 aliphatic carbocycles. The van der Waals surface area contributed by atoms with Crippen LogP contribution in [-0.4, -0.2) is 58.2 Å². The second-order valence-electron chi connectivity index (χ2n) is 10.2. The molecule has 0 unspecified atom stereocenters. The molecule has 0 saturated heterocycles. The third-order valence-electron chi connectivity index (χ3n) is 5.90. The maximum absolute atomic E-state index is 13.6. The molecule has 3 heterocycles. The van der Waals surface area contributed by atoms with Crippen LogP contribution in [0.1, 0.15) is 22.8 Å². The van der Waals surface area contributed by atoms with Gasteiger partial charge in [-0.05, 0) is 42.8 Å². The lowest BCUT2D eigenvalue weighted by molar-refractivity contribution is -0.0495. The monoisotopic (exact) mass is 604 g/mol. The first kappa shape index (κ1) is 30.2. The Morgan fingerprint density at radius 2 is 2.02 bits per heavy atom. The molecule has 0 spiro atoms. The zero-order valence-electron chi connectivity index (χ0n) is 23.1. The van der Waals surface area contributed by atoms with E-state index in [2.05, 4.69) is 40.1 Å². The summed E-state index contributed by atoms with van der Waals surface area (Å²) in [6.07, 6.45) is 8.98. The van der Waals surface area contributed by atoms with Crippen molar-refractivity contribution in [2.45, 2.75) is 46.0 Å². The molecule has 41 heavy (non-hydrogen) atoms. The summed E-state index contributed by atoms with van der Waals surface area (Å²) in [5.41, 5.74) is 1.65. The molecular weight excluding hydrogens is 574 g/mol. The molecule has 0 fully saturated rings. The first-order valence-electron chi connectivity index (χ1n) is 12.9. The van der Waals surface area contributed by atoms with Gasteiger partial charge in [-0.3, -0.25) is 4.79 Å². The number of carbonyl (C=O) groups excluding carboxylic acids is 1. The van der Waals surface area contributed by atoms with Crippen LogP contribution in [0.15, 0.2) is 49.2 Å². The van der Waals surface area contributed by atoms with Crippen molar-refractivity contribution >= 4 is 43.0 Å². The molecule has 0 atom stereocenters. The Labute approximate surface area is 241 Å². The van der Waals surface area contributed by atoms with Gasteiger partial charge in [-0.15, -0.1) is 0 Å². The van der Waals surface area contributed by atoms with E-state index in [1.165, 1.54) is 40.0 Å². The van der Waals surface area contributed by atoms with E-state index in [1.807, 2.05) is 6.92 Å². The number of fused-ring (bicyclic) bond motifs is 1. The number of aromatic nitrogens is 5. The molecule has 10 nitrogen and oxygen atoms in total. The highest BCUT2D eigenvalue weighted by Crippen LogP contribution is 2.40. The number of carbonyl (C=O) groups is 1. The molecule has 4 rings (SSSR count). The number of halogens is 3. The Morgan fingerprint density at radius 3 is 2.76 bits per heavy atom. The molecule has 1 N–H and O–H groups in total. The zero-order valence-corrected chi connectivity index (χ0v) is 24.9. The summed E-state index contributed by atoms with van der Waals surface area (Å²) in [4.78, 5) is 17.5. The van der Waals surface area contributed by atoms with E-state index in [0.717, 1.165) is 6.04 Å². The second-order valence-corrected chi connectivity index (χ2v) is 16.2. The van der Waals surface area contributed by atoms with Crippen LogP contribution in [0.2, 0.25) is 30.7 Å². The molecule has 1 aromatic carbocycles. The largest absolute Gasteiger partial charge is 0.501 e. The maximum Gasteiger partial charge on any atom is 0.387 e. The van der Waals surface area contributed by atoms with Crippen LogP contribution >= 0.6 is 11.6 Å². The molecule has 3 aromatic heterocycles. The van der Waals surface area contributed by atoms with Crippen molar-refractivity contribution in [1.29, 1.82) is 0 Å². The minimum absolute atomic E-state index is 0.00564. The van der Waals surface area contributed by atoms with Crippen LogP contribution in [0.5, 0.6) is 5.75 Å². The molecule has 4 aromatic rings. The topological polar surface area (TPSA) is 105 Å². The van der Waals surface area contributed by atoms with Gasteiger partial charge in [0.25, 0.3) is 5.91 Å². The van der Waals surface area contributed by atoms with Gasteiger partial charge in [0.2, 0.25) is 0 Å². The van der Waals surface area contributed by atoms with Crippen LogP contribution in [0.3, 0.4) is 0 Å². The van der Waals surface area contributed by atoms with Crippen molar-refractivity contribution in [3.8, 4) is 17.0 Å². The third-order valence-corrected chi connectivity index (χ3v) is 7.93. The number of rotatable bonds is 13. The van der Waals surface area contributed by atoms with Crippen LogP contribution < -0.4 is 10.1 Å². The summed E-state index contributed by atoms with van der Waals surface area (Å²) in [6.45, 7) is 6.31. The lowest BCUT2D eigenvalue weighted by Crippen LogP contribution is -2.22. The van der Waals surface area contributed by atoms with Crippen LogP contribution in [0, 0.1) is 0 Å². The van der Waals surface area contributed by atoms with E-state index < -0.39 is 20.6 Å². The van der Waals surface area contributed by atoms with E-state index >= 15 is 0 Å². The minimum atomic E-state index is -3.12. The fraction of sp³-hybridized carbons (Fsp3) is 0.333. The summed E-state index contributed by atoms with van der Waals surface area (Å²) in [6, 6.07) is 5.46. The van der Waals surface area contributed by atoms with Crippen molar-refractivity contribution < 1.29 is 27.8 Å². The number of nitrogens with zero attached hydrogens (tertiary/aromatic N) is 5. The van der Waals surface area contributed by atoms with Crippen LogP contribution in [0.25, 0.3) is 23.0 Å². The van der Waals surface area contributed by atoms with Gasteiger partial charge in [-0.2, -0.15) is 19.0 Å². The first-order valence-corrected chi connectivity index (χ1v) is 17.0. The van der Waals surface area contributed by atoms with Crippen molar-refractivity contribution in [3.63, 3.8) is 0 Å². The van der Waals surface area contributed by atoms with Crippen molar-refractivity contribution in [3.05, 3.63) is 65.4 Å². The Bertz CT molecular complexity index is 1540. The SMILES string of the molecule is CCO/C=C\c1cc(OC(F)F)c(-c2c(NC(=O)c3cnn4cccnc34)cnn2COCC[Si](C)(C)C)cc1Cl. The number of nitrogens with one attached hydrogen (secondary N) is 1. The normalized spacial score (nSPS) is 12.0. The van der Waals surface area contributed by atoms with Gasteiger partial charge >= 0.3 is 6.61 Å². The highest BCUT2D eigenvalue weighted by Gasteiger charge is 2.24. The summed E-state index contributed by atoms with van der Waals surface area (Å²) >= 11 is 6.55. The van der Waals surface area contributed by atoms with Gasteiger partial charge in [-0.1, -0.05) is 31.2 Å². The molecule has 0 saturated carbocycles. The molecule has 1 amide bonds.